The first-order valence-electron chi connectivity index (χ1n) is 11.9. The van der Waals surface area contributed by atoms with Gasteiger partial charge in [-0.1, -0.05) is 54.1 Å². The van der Waals surface area contributed by atoms with Crippen LogP contribution in [0.2, 0.25) is 5.02 Å². The minimum Gasteiger partial charge on any atom is -0.507 e. The second kappa shape index (κ2) is 10.3. The zero-order valence-corrected chi connectivity index (χ0v) is 20.0. The number of fused-ring (bicyclic) bond motifs is 1. The molecule has 2 aliphatic rings. The lowest BCUT2D eigenvalue weighted by atomic mass is 9.99. The number of aromatic hydroxyl groups is 1. The molecule has 5 rings (SSSR count). The Morgan fingerprint density at radius 1 is 0.794 bits per heavy atom. The standard InChI is InChI=1S/C27H30ClN3O3/c28-25-8-4-3-7-22(25)16-29-11-13-30(14-12-29)18-24-26(32)23(19-34-27(24)33)17-31-10-9-20-5-1-2-6-21(20)15-31/h1-8,19,32H,9-18H2. The van der Waals surface area contributed by atoms with Crippen LogP contribution in [0.1, 0.15) is 27.8 Å². The summed E-state index contributed by atoms with van der Waals surface area (Å²) in [6, 6.07) is 16.4. The third-order valence-electron chi connectivity index (χ3n) is 6.95. The van der Waals surface area contributed by atoms with Crippen LogP contribution in [-0.4, -0.2) is 52.5 Å². The molecule has 7 heteroatoms. The van der Waals surface area contributed by atoms with Gasteiger partial charge in [-0.25, -0.2) is 4.79 Å². The van der Waals surface area contributed by atoms with E-state index in [-0.39, 0.29) is 5.75 Å². The molecule has 0 saturated carbocycles. The highest BCUT2D eigenvalue weighted by molar-refractivity contribution is 6.31. The van der Waals surface area contributed by atoms with Gasteiger partial charge in [0.2, 0.25) is 0 Å². The number of piperazine rings is 1. The summed E-state index contributed by atoms with van der Waals surface area (Å²) in [5.74, 6) is 0.0774. The lowest BCUT2D eigenvalue weighted by Crippen LogP contribution is -2.45. The van der Waals surface area contributed by atoms with Gasteiger partial charge < -0.3 is 9.52 Å². The molecule has 2 aromatic carbocycles. The topological polar surface area (TPSA) is 60.2 Å². The molecular formula is C27H30ClN3O3. The number of halogens is 1. The van der Waals surface area contributed by atoms with Crippen LogP contribution in [0.15, 0.2) is 64.0 Å². The minimum atomic E-state index is -0.455. The Morgan fingerprint density at radius 2 is 1.44 bits per heavy atom. The van der Waals surface area contributed by atoms with Crippen molar-refractivity contribution < 1.29 is 9.52 Å². The smallest absolute Gasteiger partial charge is 0.343 e. The predicted molar refractivity (Wildman–Crippen MR) is 133 cm³/mol. The average molecular weight is 480 g/mol. The maximum atomic E-state index is 12.5. The Balaban J connectivity index is 1.21. The molecule has 1 aromatic heterocycles. The monoisotopic (exact) mass is 479 g/mol. The molecule has 1 N–H and O–H groups in total. The Bertz CT molecular complexity index is 1200. The highest BCUT2D eigenvalue weighted by Crippen LogP contribution is 2.26. The Hall–Kier alpha value is -2.64. The van der Waals surface area contributed by atoms with E-state index in [4.69, 9.17) is 16.0 Å². The van der Waals surface area contributed by atoms with Gasteiger partial charge in [0.15, 0.2) is 0 Å². The van der Waals surface area contributed by atoms with Crippen molar-refractivity contribution in [3.8, 4) is 5.75 Å². The van der Waals surface area contributed by atoms with Gasteiger partial charge >= 0.3 is 5.63 Å². The van der Waals surface area contributed by atoms with Crippen molar-refractivity contribution in [2.75, 3.05) is 32.7 Å². The summed E-state index contributed by atoms with van der Waals surface area (Å²) in [7, 11) is 0. The van der Waals surface area contributed by atoms with E-state index in [1.54, 1.807) is 0 Å². The molecule has 0 radical (unpaired) electrons. The van der Waals surface area contributed by atoms with Gasteiger partial charge in [-0.2, -0.15) is 0 Å². The van der Waals surface area contributed by atoms with Crippen molar-refractivity contribution in [1.82, 2.24) is 14.7 Å². The number of hydrogen-bond acceptors (Lipinski definition) is 6. The van der Waals surface area contributed by atoms with Crippen LogP contribution in [-0.2, 0) is 32.6 Å². The molecule has 3 heterocycles. The Kier molecular flexibility index (Phi) is 7.02. The molecule has 2 aliphatic heterocycles. The molecule has 1 saturated heterocycles. The number of benzene rings is 2. The van der Waals surface area contributed by atoms with E-state index in [0.29, 0.717) is 24.2 Å². The molecule has 0 bridgehead atoms. The van der Waals surface area contributed by atoms with Gasteiger partial charge in [0.25, 0.3) is 0 Å². The molecule has 0 spiro atoms. The summed E-state index contributed by atoms with van der Waals surface area (Å²) >= 11 is 6.31. The third-order valence-corrected chi connectivity index (χ3v) is 7.32. The van der Waals surface area contributed by atoms with Gasteiger partial charge in [-0.05, 0) is 29.2 Å². The maximum absolute atomic E-state index is 12.5. The fourth-order valence-corrected chi connectivity index (χ4v) is 5.12. The highest BCUT2D eigenvalue weighted by Gasteiger charge is 2.23. The second-order valence-electron chi connectivity index (χ2n) is 9.25. The largest absolute Gasteiger partial charge is 0.507 e. The number of rotatable bonds is 6. The summed E-state index contributed by atoms with van der Waals surface area (Å²) in [5, 5.41) is 11.8. The molecule has 0 unspecified atom stereocenters. The van der Waals surface area contributed by atoms with E-state index in [1.165, 1.54) is 17.4 Å². The van der Waals surface area contributed by atoms with Gasteiger partial charge in [0.1, 0.15) is 12.0 Å². The highest BCUT2D eigenvalue weighted by atomic mass is 35.5. The Labute approximate surface area is 205 Å². The van der Waals surface area contributed by atoms with Crippen LogP contribution in [0.4, 0.5) is 0 Å². The molecule has 3 aromatic rings. The van der Waals surface area contributed by atoms with Crippen molar-refractivity contribution in [3.63, 3.8) is 0 Å². The van der Waals surface area contributed by atoms with Crippen molar-refractivity contribution in [2.45, 2.75) is 32.6 Å². The fraction of sp³-hybridized carbons (Fsp3) is 0.370. The van der Waals surface area contributed by atoms with Crippen molar-refractivity contribution >= 4 is 11.6 Å². The third kappa shape index (κ3) is 5.20. The summed E-state index contributed by atoms with van der Waals surface area (Å²) in [6.45, 7) is 6.90. The van der Waals surface area contributed by atoms with Crippen LogP contribution in [0.3, 0.4) is 0 Å². The molecule has 0 amide bonds. The fourth-order valence-electron chi connectivity index (χ4n) is 4.92. The lowest BCUT2D eigenvalue weighted by molar-refractivity contribution is 0.120. The number of nitrogens with zero attached hydrogens (tertiary/aromatic N) is 3. The van der Waals surface area contributed by atoms with Crippen molar-refractivity contribution in [2.24, 2.45) is 0 Å². The minimum absolute atomic E-state index is 0.0774. The second-order valence-corrected chi connectivity index (χ2v) is 9.66. The van der Waals surface area contributed by atoms with Gasteiger partial charge in [0.05, 0.1) is 5.56 Å². The van der Waals surface area contributed by atoms with Crippen molar-refractivity contribution in [3.05, 3.63) is 98.1 Å². The normalized spacial score (nSPS) is 17.6. The SMILES string of the molecule is O=c1occ(CN2CCc3ccccc3C2)c(O)c1CN1CCN(Cc2ccccc2Cl)CC1. The first kappa shape index (κ1) is 23.1. The molecule has 178 valence electrons. The van der Waals surface area contributed by atoms with E-state index in [2.05, 4.69) is 45.0 Å². The maximum Gasteiger partial charge on any atom is 0.343 e. The van der Waals surface area contributed by atoms with Crippen LogP contribution in [0.25, 0.3) is 0 Å². The van der Waals surface area contributed by atoms with E-state index in [1.807, 2.05) is 18.2 Å². The molecular weight excluding hydrogens is 450 g/mol. The quantitative estimate of drug-likeness (QED) is 0.579. The van der Waals surface area contributed by atoms with Crippen LogP contribution in [0.5, 0.6) is 5.75 Å². The lowest BCUT2D eigenvalue weighted by Gasteiger charge is -2.34. The first-order valence-corrected chi connectivity index (χ1v) is 12.2. The molecule has 34 heavy (non-hydrogen) atoms. The zero-order chi connectivity index (χ0) is 23.5. The van der Waals surface area contributed by atoms with E-state index in [9.17, 15) is 9.90 Å². The van der Waals surface area contributed by atoms with E-state index < -0.39 is 5.63 Å². The summed E-state index contributed by atoms with van der Waals surface area (Å²) in [6.07, 6.45) is 2.41. The van der Waals surface area contributed by atoms with Crippen LogP contribution in [0, 0.1) is 0 Å². The molecule has 0 atom stereocenters. The Morgan fingerprint density at radius 3 is 2.21 bits per heavy atom. The van der Waals surface area contributed by atoms with E-state index in [0.717, 1.165) is 62.8 Å². The predicted octanol–water partition coefficient (Wildman–Crippen LogP) is 3.87. The molecule has 6 nitrogen and oxygen atoms in total. The van der Waals surface area contributed by atoms with Gasteiger partial charge in [-0.3, -0.25) is 14.7 Å². The zero-order valence-electron chi connectivity index (χ0n) is 19.3. The summed E-state index contributed by atoms with van der Waals surface area (Å²) in [4.78, 5) is 19.3. The number of hydrogen-bond donors (Lipinski definition) is 1. The van der Waals surface area contributed by atoms with E-state index >= 15 is 0 Å². The summed E-state index contributed by atoms with van der Waals surface area (Å²) < 4.78 is 5.34. The van der Waals surface area contributed by atoms with Gasteiger partial charge in [0, 0.05) is 69.5 Å². The van der Waals surface area contributed by atoms with Crippen LogP contribution >= 0.6 is 11.6 Å². The first-order chi connectivity index (χ1) is 16.6. The van der Waals surface area contributed by atoms with Gasteiger partial charge in [-0.15, -0.1) is 0 Å². The summed E-state index contributed by atoms with van der Waals surface area (Å²) in [5.41, 5.74) is 4.41. The average Bonchev–Trinajstić information content (AvgIpc) is 2.86. The van der Waals surface area contributed by atoms with Crippen LogP contribution < -0.4 is 5.63 Å². The molecule has 0 aliphatic carbocycles. The molecule has 1 fully saturated rings. The van der Waals surface area contributed by atoms with Crippen molar-refractivity contribution in [1.29, 1.82) is 0 Å².